The van der Waals surface area contributed by atoms with Crippen molar-refractivity contribution in [2.24, 2.45) is 11.3 Å². The summed E-state index contributed by atoms with van der Waals surface area (Å²) in [5.41, 5.74) is 0.252. The maximum absolute atomic E-state index is 9.45. The zero-order valence-corrected chi connectivity index (χ0v) is 12.2. The van der Waals surface area contributed by atoms with Gasteiger partial charge >= 0.3 is 0 Å². The molecule has 3 aliphatic rings. The van der Waals surface area contributed by atoms with Crippen LogP contribution in [-0.2, 0) is 0 Å². The van der Waals surface area contributed by atoms with Gasteiger partial charge in [0.15, 0.2) is 0 Å². The fourth-order valence-electron chi connectivity index (χ4n) is 4.05. The molecule has 3 nitrogen and oxygen atoms in total. The summed E-state index contributed by atoms with van der Waals surface area (Å²) in [6.45, 7) is 2.63. The van der Waals surface area contributed by atoms with E-state index < -0.39 is 0 Å². The van der Waals surface area contributed by atoms with Crippen molar-refractivity contribution in [3.63, 3.8) is 0 Å². The van der Waals surface area contributed by atoms with E-state index in [0.717, 1.165) is 18.5 Å². The highest BCUT2D eigenvalue weighted by atomic mass is 16.3. The Bertz CT molecular complexity index is 284. The van der Waals surface area contributed by atoms with Crippen molar-refractivity contribution in [2.75, 3.05) is 19.7 Å². The number of hydrogen-bond acceptors (Lipinski definition) is 3. The van der Waals surface area contributed by atoms with Crippen LogP contribution >= 0.6 is 0 Å². The third kappa shape index (κ3) is 3.32. The number of aliphatic hydroxyl groups excluding tert-OH is 1. The molecule has 3 rings (SSSR count). The van der Waals surface area contributed by atoms with Gasteiger partial charge in [0.25, 0.3) is 0 Å². The van der Waals surface area contributed by atoms with Crippen LogP contribution in [-0.4, -0.2) is 36.9 Å². The van der Waals surface area contributed by atoms with Gasteiger partial charge in [0.2, 0.25) is 0 Å². The SMILES string of the molecule is OCC1(CNC2CCCCC2C2CCCCN2)CC1. The first-order valence-electron chi connectivity index (χ1n) is 8.41. The predicted octanol–water partition coefficient (Wildman–Crippen LogP) is 2.05. The van der Waals surface area contributed by atoms with Gasteiger partial charge in [0, 0.05) is 30.7 Å². The van der Waals surface area contributed by atoms with Crippen LogP contribution in [0.1, 0.15) is 57.8 Å². The molecule has 2 aliphatic carbocycles. The van der Waals surface area contributed by atoms with E-state index in [9.17, 15) is 5.11 Å². The Morgan fingerprint density at radius 2 is 1.84 bits per heavy atom. The monoisotopic (exact) mass is 266 g/mol. The first kappa shape index (κ1) is 13.8. The number of nitrogens with one attached hydrogen (secondary N) is 2. The molecule has 2 saturated carbocycles. The molecular weight excluding hydrogens is 236 g/mol. The summed E-state index contributed by atoms with van der Waals surface area (Å²) in [6, 6.07) is 1.43. The van der Waals surface area contributed by atoms with E-state index in [0.29, 0.717) is 12.6 Å². The van der Waals surface area contributed by atoms with Gasteiger partial charge in [-0.2, -0.15) is 0 Å². The van der Waals surface area contributed by atoms with E-state index in [1.165, 1.54) is 64.3 Å². The lowest BCUT2D eigenvalue weighted by Gasteiger charge is -2.40. The van der Waals surface area contributed by atoms with Crippen molar-refractivity contribution in [1.82, 2.24) is 10.6 Å². The van der Waals surface area contributed by atoms with Crippen LogP contribution in [0.3, 0.4) is 0 Å². The molecule has 1 saturated heterocycles. The van der Waals surface area contributed by atoms with Gasteiger partial charge in [-0.1, -0.05) is 19.3 Å². The summed E-state index contributed by atoms with van der Waals surface area (Å²) < 4.78 is 0. The topological polar surface area (TPSA) is 44.3 Å². The van der Waals surface area contributed by atoms with Crippen molar-refractivity contribution in [3.05, 3.63) is 0 Å². The Labute approximate surface area is 117 Å². The van der Waals surface area contributed by atoms with E-state index in [1.54, 1.807) is 0 Å². The molecule has 0 radical (unpaired) electrons. The smallest absolute Gasteiger partial charge is 0.0499 e. The molecule has 110 valence electrons. The third-order valence-electron chi connectivity index (χ3n) is 5.72. The summed E-state index contributed by atoms with van der Waals surface area (Å²) >= 11 is 0. The Hall–Kier alpha value is -0.120. The van der Waals surface area contributed by atoms with Gasteiger partial charge in [0.1, 0.15) is 0 Å². The zero-order chi connectivity index (χ0) is 13.1. The Morgan fingerprint density at radius 1 is 1.05 bits per heavy atom. The molecule has 0 aromatic heterocycles. The van der Waals surface area contributed by atoms with Crippen LogP contribution in [0.15, 0.2) is 0 Å². The predicted molar refractivity (Wildman–Crippen MR) is 78.1 cm³/mol. The van der Waals surface area contributed by atoms with E-state index >= 15 is 0 Å². The largest absolute Gasteiger partial charge is 0.396 e. The molecule has 0 spiro atoms. The van der Waals surface area contributed by atoms with Crippen molar-refractivity contribution < 1.29 is 5.11 Å². The lowest BCUT2D eigenvalue weighted by atomic mass is 9.77. The second-order valence-corrected chi connectivity index (χ2v) is 7.15. The Kier molecular flexibility index (Phi) is 4.45. The van der Waals surface area contributed by atoms with Crippen LogP contribution in [0.5, 0.6) is 0 Å². The normalized spacial score (nSPS) is 38.1. The molecule has 19 heavy (non-hydrogen) atoms. The first-order chi connectivity index (χ1) is 9.33. The average Bonchev–Trinajstić information content (AvgIpc) is 3.27. The Balaban J connectivity index is 1.54. The highest BCUT2D eigenvalue weighted by Gasteiger charge is 2.43. The highest BCUT2D eigenvalue weighted by Crippen LogP contribution is 2.44. The van der Waals surface area contributed by atoms with Gasteiger partial charge in [0.05, 0.1) is 0 Å². The molecule has 3 heteroatoms. The van der Waals surface area contributed by atoms with Crippen LogP contribution in [0.4, 0.5) is 0 Å². The van der Waals surface area contributed by atoms with E-state index in [-0.39, 0.29) is 5.41 Å². The summed E-state index contributed by atoms with van der Waals surface area (Å²) in [7, 11) is 0. The summed E-state index contributed by atoms with van der Waals surface area (Å²) in [6.07, 6.45) is 12.1. The quantitative estimate of drug-likeness (QED) is 0.713. The maximum Gasteiger partial charge on any atom is 0.0499 e. The number of rotatable bonds is 5. The third-order valence-corrected chi connectivity index (χ3v) is 5.72. The Morgan fingerprint density at radius 3 is 2.53 bits per heavy atom. The molecular formula is C16H30N2O. The lowest BCUT2D eigenvalue weighted by molar-refractivity contribution is 0.158. The molecule has 1 aliphatic heterocycles. The molecule has 0 amide bonds. The van der Waals surface area contributed by atoms with Crippen molar-refractivity contribution in [1.29, 1.82) is 0 Å². The van der Waals surface area contributed by atoms with Crippen LogP contribution < -0.4 is 10.6 Å². The molecule has 0 bridgehead atoms. The zero-order valence-electron chi connectivity index (χ0n) is 12.2. The standard InChI is InChI=1S/C16H30N2O/c19-12-16(8-9-16)11-18-15-6-2-1-5-13(15)14-7-3-4-10-17-14/h13-15,17-19H,1-12H2. The summed E-state index contributed by atoms with van der Waals surface area (Å²) in [5.74, 6) is 0.823. The molecule has 0 aromatic rings. The van der Waals surface area contributed by atoms with Gasteiger partial charge in [-0.25, -0.2) is 0 Å². The molecule has 3 N–H and O–H groups in total. The van der Waals surface area contributed by atoms with Crippen LogP contribution in [0, 0.1) is 11.3 Å². The first-order valence-corrected chi connectivity index (χ1v) is 8.41. The number of hydrogen-bond donors (Lipinski definition) is 3. The van der Waals surface area contributed by atoms with E-state index in [4.69, 9.17) is 0 Å². The average molecular weight is 266 g/mol. The molecule has 3 atom stereocenters. The molecule has 1 heterocycles. The minimum atomic E-state index is 0.252. The fourth-order valence-corrected chi connectivity index (χ4v) is 4.05. The highest BCUT2D eigenvalue weighted by molar-refractivity contribution is 4.97. The summed E-state index contributed by atoms with van der Waals surface area (Å²) in [4.78, 5) is 0. The second kappa shape index (κ2) is 6.11. The minimum absolute atomic E-state index is 0.252. The number of piperidine rings is 1. The lowest BCUT2D eigenvalue weighted by Crippen LogP contribution is -2.51. The molecule has 3 fully saturated rings. The molecule has 0 aromatic carbocycles. The van der Waals surface area contributed by atoms with Crippen molar-refractivity contribution >= 4 is 0 Å². The van der Waals surface area contributed by atoms with Crippen LogP contribution in [0.25, 0.3) is 0 Å². The van der Waals surface area contributed by atoms with Gasteiger partial charge in [-0.15, -0.1) is 0 Å². The van der Waals surface area contributed by atoms with Crippen molar-refractivity contribution in [3.8, 4) is 0 Å². The van der Waals surface area contributed by atoms with Gasteiger partial charge in [-0.3, -0.25) is 0 Å². The summed E-state index contributed by atoms with van der Waals surface area (Å²) in [5, 5.41) is 17.0. The van der Waals surface area contributed by atoms with E-state index in [2.05, 4.69) is 10.6 Å². The number of aliphatic hydroxyl groups is 1. The maximum atomic E-state index is 9.45. The molecule has 3 unspecified atom stereocenters. The van der Waals surface area contributed by atoms with Crippen molar-refractivity contribution in [2.45, 2.75) is 69.9 Å². The minimum Gasteiger partial charge on any atom is -0.396 e. The second-order valence-electron chi connectivity index (χ2n) is 7.15. The van der Waals surface area contributed by atoms with Gasteiger partial charge in [-0.05, 0) is 51.0 Å². The fraction of sp³-hybridized carbons (Fsp3) is 1.00. The van der Waals surface area contributed by atoms with E-state index in [1.807, 2.05) is 0 Å². The van der Waals surface area contributed by atoms with Gasteiger partial charge < -0.3 is 15.7 Å². The van der Waals surface area contributed by atoms with Crippen LogP contribution in [0.2, 0.25) is 0 Å².